The smallest absolute Gasteiger partial charge is 0.410 e. The van der Waals surface area contributed by atoms with Crippen molar-refractivity contribution in [3.63, 3.8) is 0 Å². The molecule has 2 N–H and O–H groups in total. The number of hydrogen-bond donors (Lipinski definition) is 1. The number of carbonyl (C=O) groups excluding carboxylic acids is 2. The summed E-state index contributed by atoms with van der Waals surface area (Å²) in [6.07, 6.45) is 2.50. The number of hydrogen-bond acceptors (Lipinski definition) is 5. The van der Waals surface area contributed by atoms with E-state index in [4.69, 9.17) is 10.5 Å². The lowest BCUT2D eigenvalue weighted by Crippen LogP contribution is -2.53. The molecule has 1 fully saturated rings. The quantitative estimate of drug-likeness (QED) is 0.900. The Kier molecular flexibility index (Phi) is 4.77. The van der Waals surface area contributed by atoms with Gasteiger partial charge in [-0.05, 0) is 45.7 Å². The number of rotatable bonds is 2. The fraction of sp³-hybridized carbons (Fsp3) is 0.562. The fourth-order valence-corrected chi connectivity index (χ4v) is 2.49. The van der Waals surface area contributed by atoms with E-state index in [2.05, 4.69) is 4.98 Å². The molecule has 23 heavy (non-hydrogen) atoms. The van der Waals surface area contributed by atoms with Crippen molar-refractivity contribution in [1.82, 2.24) is 9.88 Å². The normalized spacial score (nSPS) is 18.7. The molecule has 1 aliphatic heterocycles. The van der Waals surface area contributed by atoms with Gasteiger partial charge in [-0.1, -0.05) is 0 Å². The number of carbonyl (C=O) groups is 2. The topological polar surface area (TPSA) is 88.8 Å². The molecule has 1 aliphatic rings. The molecule has 2 amide bonds. The average Bonchev–Trinajstić information content (AvgIpc) is 2.46. The Balaban J connectivity index is 2.13. The maximum atomic E-state index is 12.7. The summed E-state index contributed by atoms with van der Waals surface area (Å²) in [5.74, 6) is 0.275. The molecule has 1 unspecified atom stereocenters. The average molecular weight is 320 g/mol. The lowest BCUT2D eigenvalue weighted by molar-refractivity contribution is -0.124. The summed E-state index contributed by atoms with van der Waals surface area (Å²) in [5, 5.41) is 0. The highest BCUT2D eigenvalue weighted by Gasteiger charge is 2.36. The van der Waals surface area contributed by atoms with Gasteiger partial charge in [0.2, 0.25) is 5.91 Å². The van der Waals surface area contributed by atoms with E-state index >= 15 is 0 Å². The van der Waals surface area contributed by atoms with E-state index in [9.17, 15) is 9.59 Å². The Hall–Kier alpha value is -2.31. The first-order valence-electron chi connectivity index (χ1n) is 7.68. The van der Waals surface area contributed by atoms with Gasteiger partial charge in [0.25, 0.3) is 0 Å². The van der Waals surface area contributed by atoms with Crippen molar-refractivity contribution < 1.29 is 14.3 Å². The molecular formula is C16H24N4O3. The maximum Gasteiger partial charge on any atom is 0.410 e. The lowest BCUT2D eigenvalue weighted by Gasteiger charge is -2.37. The lowest BCUT2D eigenvalue weighted by atomic mass is 10.0. The molecule has 126 valence electrons. The predicted octanol–water partition coefficient (Wildman–Crippen LogP) is 2.03. The molecule has 0 aromatic carbocycles. The molecule has 7 heteroatoms. The number of aromatic nitrogens is 1. The molecule has 2 heterocycles. The summed E-state index contributed by atoms with van der Waals surface area (Å²) in [4.78, 5) is 32.0. The molecule has 0 saturated carbocycles. The summed E-state index contributed by atoms with van der Waals surface area (Å²) in [6.45, 7) is 6.00. The number of nitrogens with two attached hydrogens (primary N) is 1. The van der Waals surface area contributed by atoms with Crippen LogP contribution in [0.25, 0.3) is 0 Å². The van der Waals surface area contributed by atoms with Crippen molar-refractivity contribution in [3.05, 3.63) is 18.3 Å². The van der Waals surface area contributed by atoms with Gasteiger partial charge in [0.1, 0.15) is 17.5 Å². The standard InChI is InChI=1S/C16H24N4O3/c1-16(2,3)23-15(22)19(4)12-6-5-9-20(14(12)21)11-7-8-13(17)18-10-11/h7-8,10,12H,5-6,9H2,1-4H3,(H2,17,18). The number of piperidine rings is 1. The zero-order valence-corrected chi connectivity index (χ0v) is 14.1. The van der Waals surface area contributed by atoms with E-state index in [1.54, 1.807) is 51.0 Å². The second-order valence-electron chi connectivity index (χ2n) is 6.68. The van der Waals surface area contributed by atoms with E-state index in [0.717, 1.165) is 6.42 Å². The highest BCUT2D eigenvalue weighted by Crippen LogP contribution is 2.24. The second kappa shape index (κ2) is 6.44. The molecule has 1 atom stereocenters. The minimum Gasteiger partial charge on any atom is -0.444 e. The van der Waals surface area contributed by atoms with E-state index in [1.807, 2.05) is 0 Å². The third-order valence-corrected chi connectivity index (χ3v) is 3.64. The fourth-order valence-electron chi connectivity index (χ4n) is 2.49. The highest BCUT2D eigenvalue weighted by molar-refractivity contribution is 5.99. The molecule has 1 aromatic heterocycles. The Morgan fingerprint density at radius 1 is 1.43 bits per heavy atom. The van der Waals surface area contributed by atoms with E-state index in [0.29, 0.717) is 24.5 Å². The molecule has 1 saturated heterocycles. The number of pyridine rings is 1. The number of nitrogens with zero attached hydrogens (tertiary/aromatic N) is 3. The van der Waals surface area contributed by atoms with Gasteiger partial charge >= 0.3 is 6.09 Å². The van der Waals surface area contributed by atoms with Crippen LogP contribution in [0.2, 0.25) is 0 Å². The maximum absolute atomic E-state index is 12.7. The van der Waals surface area contributed by atoms with Crippen LogP contribution in [0.3, 0.4) is 0 Å². The van der Waals surface area contributed by atoms with Crippen LogP contribution < -0.4 is 10.6 Å². The number of anilines is 2. The largest absolute Gasteiger partial charge is 0.444 e. The number of ether oxygens (including phenoxy) is 1. The van der Waals surface area contributed by atoms with Crippen molar-refractivity contribution in [2.45, 2.75) is 45.3 Å². The van der Waals surface area contributed by atoms with Crippen LogP contribution in [-0.4, -0.2) is 47.1 Å². The molecule has 0 aliphatic carbocycles. The summed E-state index contributed by atoms with van der Waals surface area (Å²) in [6, 6.07) is 2.89. The van der Waals surface area contributed by atoms with E-state index in [1.165, 1.54) is 4.90 Å². The Labute approximate surface area is 136 Å². The third kappa shape index (κ3) is 4.12. The van der Waals surface area contributed by atoms with Crippen LogP contribution in [0.5, 0.6) is 0 Å². The third-order valence-electron chi connectivity index (χ3n) is 3.64. The second-order valence-corrected chi connectivity index (χ2v) is 6.68. The summed E-state index contributed by atoms with van der Waals surface area (Å²) < 4.78 is 5.35. The molecule has 0 bridgehead atoms. The van der Waals surface area contributed by atoms with Gasteiger partial charge in [-0.3, -0.25) is 9.69 Å². The van der Waals surface area contributed by atoms with Crippen LogP contribution in [0, 0.1) is 0 Å². The zero-order valence-electron chi connectivity index (χ0n) is 14.1. The zero-order chi connectivity index (χ0) is 17.2. The van der Waals surface area contributed by atoms with Crippen LogP contribution in [0.4, 0.5) is 16.3 Å². The summed E-state index contributed by atoms with van der Waals surface area (Å²) in [5.41, 5.74) is 5.67. The predicted molar refractivity (Wildman–Crippen MR) is 88.0 cm³/mol. The molecule has 7 nitrogen and oxygen atoms in total. The number of amides is 2. The van der Waals surface area contributed by atoms with Crippen LogP contribution in [0.15, 0.2) is 18.3 Å². The number of nitrogen functional groups attached to an aromatic ring is 1. The molecule has 2 rings (SSSR count). The van der Waals surface area contributed by atoms with Crippen molar-refractivity contribution >= 4 is 23.5 Å². The summed E-state index contributed by atoms with van der Waals surface area (Å²) in [7, 11) is 1.60. The minimum atomic E-state index is -0.594. The van der Waals surface area contributed by atoms with Crippen molar-refractivity contribution in [2.75, 3.05) is 24.2 Å². The van der Waals surface area contributed by atoms with Gasteiger partial charge in [0, 0.05) is 13.6 Å². The number of likely N-dealkylation sites (N-methyl/N-ethyl adjacent to an activating group) is 1. The monoisotopic (exact) mass is 320 g/mol. The Morgan fingerprint density at radius 2 is 2.13 bits per heavy atom. The van der Waals surface area contributed by atoms with Crippen LogP contribution in [0.1, 0.15) is 33.6 Å². The van der Waals surface area contributed by atoms with E-state index in [-0.39, 0.29) is 5.91 Å². The van der Waals surface area contributed by atoms with Crippen LogP contribution >= 0.6 is 0 Å². The molecular weight excluding hydrogens is 296 g/mol. The van der Waals surface area contributed by atoms with Gasteiger partial charge in [-0.2, -0.15) is 0 Å². The van der Waals surface area contributed by atoms with Gasteiger partial charge < -0.3 is 15.4 Å². The SMILES string of the molecule is CN(C(=O)OC(C)(C)C)C1CCCN(c2ccc(N)nc2)C1=O. The minimum absolute atomic E-state index is 0.129. The van der Waals surface area contributed by atoms with Gasteiger partial charge in [0.05, 0.1) is 11.9 Å². The van der Waals surface area contributed by atoms with Crippen molar-refractivity contribution in [1.29, 1.82) is 0 Å². The molecule has 1 aromatic rings. The molecule has 0 spiro atoms. The first kappa shape index (κ1) is 17.1. The molecule has 0 radical (unpaired) electrons. The van der Waals surface area contributed by atoms with Crippen molar-refractivity contribution in [3.8, 4) is 0 Å². The first-order valence-corrected chi connectivity index (χ1v) is 7.68. The van der Waals surface area contributed by atoms with Crippen molar-refractivity contribution in [2.24, 2.45) is 0 Å². The highest BCUT2D eigenvalue weighted by atomic mass is 16.6. The Bertz CT molecular complexity index is 580. The van der Waals surface area contributed by atoms with Gasteiger partial charge in [-0.15, -0.1) is 0 Å². The first-order chi connectivity index (χ1) is 10.7. The van der Waals surface area contributed by atoms with E-state index < -0.39 is 17.7 Å². The van der Waals surface area contributed by atoms with Gasteiger partial charge in [-0.25, -0.2) is 9.78 Å². The van der Waals surface area contributed by atoms with Gasteiger partial charge in [0.15, 0.2) is 0 Å². The Morgan fingerprint density at radius 3 is 2.70 bits per heavy atom. The van der Waals surface area contributed by atoms with Crippen LogP contribution in [-0.2, 0) is 9.53 Å². The summed E-state index contributed by atoms with van der Waals surface area (Å²) >= 11 is 0.